The maximum absolute atomic E-state index is 12.4. The summed E-state index contributed by atoms with van der Waals surface area (Å²) < 4.78 is 5.37. The summed E-state index contributed by atoms with van der Waals surface area (Å²) >= 11 is 0. The van der Waals surface area contributed by atoms with E-state index in [1.54, 1.807) is 11.9 Å². The first-order valence-electron chi connectivity index (χ1n) is 6.31. The van der Waals surface area contributed by atoms with E-state index in [1.807, 2.05) is 31.2 Å². The Kier molecular flexibility index (Phi) is 4.16. The molecule has 1 atom stereocenters. The Balaban J connectivity index is 2.11. The summed E-state index contributed by atoms with van der Waals surface area (Å²) in [6.45, 7) is 3.10. The molecule has 0 bridgehead atoms. The highest BCUT2D eigenvalue weighted by Gasteiger charge is 2.29. The van der Waals surface area contributed by atoms with Crippen LogP contribution in [0.1, 0.15) is 15.9 Å². The van der Waals surface area contributed by atoms with Crippen molar-refractivity contribution in [1.29, 1.82) is 0 Å². The Morgan fingerprint density at radius 2 is 2.11 bits per heavy atom. The Labute approximate surface area is 112 Å². The number of aryl methyl sites for hydroxylation is 1. The number of ether oxygens (including phenoxy) is 1. The number of nitrogens with zero attached hydrogens (tertiary/aromatic N) is 1. The molecule has 19 heavy (non-hydrogen) atoms. The van der Waals surface area contributed by atoms with Crippen molar-refractivity contribution in [2.45, 2.75) is 13.0 Å². The molecule has 2 amide bonds. The Hall–Kier alpha value is -1.88. The lowest BCUT2D eigenvalue weighted by Gasteiger charge is -2.32. The van der Waals surface area contributed by atoms with Crippen molar-refractivity contribution in [2.24, 2.45) is 0 Å². The minimum Gasteiger partial charge on any atom is -0.365 e. The van der Waals surface area contributed by atoms with Gasteiger partial charge in [0.05, 0.1) is 13.2 Å². The molecule has 0 aromatic heterocycles. The molecule has 5 nitrogen and oxygen atoms in total. The molecule has 0 radical (unpaired) electrons. The number of carbonyl (C=O) groups is 2. The summed E-state index contributed by atoms with van der Waals surface area (Å²) in [5.41, 5.74) is 1.62. The lowest BCUT2D eigenvalue weighted by atomic mass is 10.1. The van der Waals surface area contributed by atoms with Gasteiger partial charge >= 0.3 is 0 Å². The third-order valence-corrected chi connectivity index (χ3v) is 3.27. The molecule has 1 aliphatic rings. The Bertz CT molecular complexity index is 487. The molecule has 0 saturated carbocycles. The molecule has 2 rings (SSSR count). The predicted molar refractivity (Wildman–Crippen MR) is 70.9 cm³/mol. The molecule has 1 aromatic rings. The molecule has 1 saturated heterocycles. The molecule has 0 spiro atoms. The normalized spacial score (nSPS) is 19.1. The van der Waals surface area contributed by atoms with Crippen LogP contribution in [0.5, 0.6) is 0 Å². The number of benzene rings is 1. The second-order valence-corrected chi connectivity index (χ2v) is 4.54. The van der Waals surface area contributed by atoms with Crippen LogP contribution < -0.4 is 5.32 Å². The van der Waals surface area contributed by atoms with Crippen LogP contribution in [0.3, 0.4) is 0 Å². The van der Waals surface area contributed by atoms with Gasteiger partial charge in [0.25, 0.3) is 11.8 Å². The molecule has 1 unspecified atom stereocenters. The summed E-state index contributed by atoms with van der Waals surface area (Å²) in [5.74, 6) is -0.238. The fourth-order valence-corrected chi connectivity index (χ4v) is 2.14. The standard InChI is InChI=1S/C14H18N2O3/c1-10-5-3-4-6-11(10)14(18)16-7-8-19-12(9-16)13(17)15-2/h3-6,12H,7-9H2,1-2H3,(H,15,17). The highest BCUT2D eigenvalue weighted by atomic mass is 16.5. The van der Waals surface area contributed by atoms with Crippen LogP contribution in [0, 0.1) is 6.92 Å². The maximum Gasteiger partial charge on any atom is 0.254 e. The van der Waals surface area contributed by atoms with Crippen LogP contribution in [0.15, 0.2) is 24.3 Å². The number of hydrogen-bond donors (Lipinski definition) is 1. The average Bonchev–Trinajstić information content (AvgIpc) is 2.46. The van der Waals surface area contributed by atoms with Gasteiger partial charge < -0.3 is 15.0 Å². The number of carbonyl (C=O) groups excluding carboxylic acids is 2. The van der Waals surface area contributed by atoms with Gasteiger partial charge in [-0.25, -0.2) is 0 Å². The lowest BCUT2D eigenvalue weighted by Crippen LogP contribution is -2.51. The molecule has 102 valence electrons. The number of morpholine rings is 1. The highest BCUT2D eigenvalue weighted by molar-refractivity contribution is 5.96. The van der Waals surface area contributed by atoms with Crippen molar-refractivity contribution in [3.63, 3.8) is 0 Å². The van der Waals surface area contributed by atoms with E-state index in [9.17, 15) is 9.59 Å². The van der Waals surface area contributed by atoms with Crippen LogP contribution in [-0.2, 0) is 9.53 Å². The Morgan fingerprint density at radius 3 is 2.79 bits per heavy atom. The van der Waals surface area contributed by atoms with Crippen LogP contribution in [0.25, 0.3) is 0 Å². The van der Waals surface area contributed by atoms with Gasteiger partial charge in [-0.05, 0) is 18.6 Å². The largest absolute Gasteiger partial charge is 0.365 e. The van der Waals surface area contributed by atoms with Gasteiger partial charge in [-0.1, -0.05) is 18.2 Å². The predicted octanol–water partition coefficient (Wildman–Crippen LogP) is 0.582. The van der Waals surface area contributed by atoms with E-state index >= 15 is 0 Å². The van der Waals surface area contributed by atoms with E-state index in [-0.39, 0.29) is 11.8 Å². The minimum absolute atomic E-state index is 0.0460. The number of rotatable bonds is 2. The second-order valence-electron chi connectivity index (χ2n) is 4.54. The number of nitrogens with one attached hydrogen (secondary N) is 1. The first-order chi connectivity index (χ1) is 9.13. The van der Waals surface area contributed by atoms with Gasteiger partial charge in [0.2, 0.25) is 0 Å². The lowest BCUT2D eigenvalue weighted by molar-refractivity contribution is -0.136. The van der Waals surface area contributed by atoms with Crippen LogP contribution in [0.4, 0.5) is 0 Å². The van der Waals surface area contributed by atoms with E-state index in [2.05, 4.69) is 5.32 Å². The second kappa shape index (κ2) is 5.84. The van der Waals surface area contributed by atoms with Crippen LogP contribution >= 0.6 is 0 Å². The van der Waals surface area contributed by atoms with Crippen molar-refractivity contribution >= 4 is 11.8 Å². The van der Waals surface area contributed by atoms with Crippen LogP contribution in [-0.4, -0.2) is 49.6 Å². The van der Waals surface area contributed by atoms with E-state index in [4.69, 9.17) is 4.74 Å². The average molecular weight is 262 g/mol. The highest BCUT2D eigenvalue weighted by Crippen LogP contribution is 2.14. The first kappa shape index (κ1) is 13.5. The summed E-state index contributed by atoms with van der Waals surface area (Å²) in [6, 6.07) is 7.46. The molecule has 5 heteroatoms. The quantitative estimate of drug-likeness (QED) is 0.848. The fraction of sp³-hybridized carbons (Fsp3) is 0.429. The van der Waals surface area contributed by atoms with Crippen molar-refractivity contribution in [3.05, 3.63) is 35.4 Å². The van der Waals surface area contributed by atoms with Crippen molar-refractivity contribution in [1.82, 2.24) is 10.2 Å². The molecular formula is C14H18N2O3. The summed E-state index contributed by atoms with van der Waals surface area (Å²) in [5, 5.41) is 2.54. The van der Waals surface area contributed by atoms with Gasteiger partial charge in [-0.3, -0.25) is 9.59 Å². The zero-order chi connectivity index (χ0) is 13.8. The van der Waals surface area contributed by atoms with Crippen molar-refractivity contribution < 1.29 is 14.3 Å². The Morgan fingerprint density at radius 1 is 1.37 bits per heavy atom. The van der Waals surface area contributed by atoms with Gasteiger partial charge in [-0.15, -0.1) is 0 Å². The zero-order valence-corrected chi connectivity index (χ0v) is 11.2. The molecule has 1 fully saturated rings. The number of hydrogen-bond acceptors (Lipinski definition) is 3. The summed E-state index contributed by atoms with van der Waals surface area (Å²) in [7, 11) is 1.56. The summed E-state index contributed by atoms with van der Waals surface area (Å²) in [4.78, 5) is 25.7. The van der Waals surface area contributed by atoms with Gasteiger partial charge in [0.1, 0.15) is 0 Å². The van der Waals surface area contributed by atoms with Crippen molar-refractivity contribution in [3.8, 4) is 0 Å². The number of likely N-dealkylation sites (N-methyl/N-ethyl adjacent to an activating group) is 1. The molecule has 1 N–H and O–H groups in total. The third-order valence-electron chi connectivity index (χ3n) is 3.27. The fourth-order valence-electron chi connectivity index (χ4n) is 2.14. The smallest absolute Gasteiger partial charge is 0.254 e. The van der Waals surface area contributed by atoms with Gasteiger partial charge in [0, 0.05) is 19.2 Å². The minimum atomic E-state index is -0.577. The van der Waals surface area contributed by atoms with Crippen molar-refractivity contribution in [2.75, 3.05) is 26.7 Å². The molecular weight excluding hydrogens is 244 g/mol. The molecule has 1 aromatic carbocycles. The molecule has 1 aliphatic heterocycles. The monoisotopic (exact) mass is 262 g/mol. The van der Waals surface area contributed by atoms with E-state index in [0.717, 1.165) is 5.56 Å². The zero-order valence-electron chi connectivity index (χ0n) is 11.2. The molecule has 1 heterocycles. The van der Waals surface area contributed by atoms with Gasteiger partial charge in [0.15, 0.2) is 6.10 Å². The first-order valence-corrected chi connectivity index (χ1v) is 6.31. The van der Waals surface area contributed by atoms with Crippen LogP contribution in [0.2, 0.25) is 0 Å². The van der Waals surface area contributed by atoms with E-state index in [1.165, 1.54) is 0 Å². The maximum atomic E-state index is 12.4. The SMILES string of the molecule is CNC(=O)C1CN(C(=O)c2ccccc2C)CCO1. The summed E-state index contributed by atoms with van der Waals surface area (Å²) in [6.07, 6.45) is -0.577. The topological polar surface area (TPSA) is 58.6 Å². The molecule has 0 aliphatic carbocycles. The van der Waals surface area contributed by atoms with E-state index in [0.29, 0.717) is 25.3 Å². The van der Waals surface area contributed by atoms with E-state index < -0.39 is 6.10 Å². The van der Waals surface area contributed by atoms with Gasteiger partial charge in [-0.2, -0.15) is 0 Å². The third kappa shape index (κ3) is 2.93. The number of amides is 2.